The molecule has 1 N–H and O–H groups in total. The highest BCUT2D eigenvalue weighted by molar-refractivity contribution is 5.98. The minimum atomic E-state index is 0.0978. The van der Waals surface area contributed by atoms with Gasteiger partial charge in [-0.2, -0.15) is 0 Å². The van der Waals surface area contributed by atoms with E-state index in [1.165, 1.54) is 0 Å². The molecule has 0 fully saturated rings. The molecule has 0 aromatic heterocycles. The van der Waals surface area contributed by atoms with Crippen LogP contribution in [0.1, 0.15) is 25.3 Å². The summed E-state index contributed by atoms with van der Waals surface area (Å²) in [4.78, 5) is 12.9. The third-order valence-electron chi connectivity index (χ3n) is 2.70. The first kappa shape index (κ1) is 15.0. The van der Waals surface area contributed by atoms with E-state index in [4.69, 9.17) is 9.94 Å². The zero-order valence-electron chi connectivity index (χ0n) is 11.6. The summed E-state index contributed by atoms with van der Waals surface area (Å²) in [7, 11) is 3.48. The molecule has 1 rings (SSSR count). The fourth-order valence-corrected chi connectivity index (χ4v) is 1.51. The summed E-state index contributed by atoms with van der Waals surface area (Å²) in [6, 6.07) is 7.33. The lowest BCUT2D eigenvalue weighted by molar-refractivity contribution is -0.128. The topological polar surface area (TPSA) is 62.1 Å². The van der Waals surface area contributed by atoms with Crippen molar-refractivity contribution < 1.29 is 14.7 Å². The predicted molar refractivity (Wildman–Crippen MR) is 73.9 cm³/mol. The number of hydrogen-bond donors (Lipinski definition) is 1. The molecule has 0 heterocycles. The number of carbonyl (C=O) groups excluding carboxylic acids is 1. The molecule has 0 spiro atoms. The van der Waals surface area contributed by atoms with Gasteiger partial charge >= 0.3 is 0 Å². The van der Waals surface area contributed by atoms with Gasteiger partial charge in [0.05, 0.1) is 12.3 Å². The van der Waals surface area contributed by atoms with Crippen molar-refractivity contribution in [2.24, 2.45) is 5.16 Å². The highest BCUT2D eigenvalue weighted by Gasteiger charge is 2.04. The van der Waals surface area contributed by atoms with Crippen LogP contribution in [0.2, 0.25) is 0 Å². The highest BCUT2D eigenvalue weighted by Crippen LogP contribution is 2.14. The third-order valence-corrected chi connectivity index (χ3v) is 2.70. The summed E-state index contributed by atoms with van der Waals surface area (Å²) >= 11 is 0. The lowest BCUT2D eigenvalue weighted by Crippen LogP contribution is -2.21. The second-order valence-electron chi connectivity index (χ2n) is 4.45. The van der Waals surface area contributed by atoms with Gasteiger partial charge < -0.3 is 14.8 Å². The molecule has 0 radical (unpaired) electrons. The number of hydrogen-bond acceptors (Lipinski definition) is 4. The Kier molecular flexibility index (Phi) is 5.85. The van der Waals surface area contributed by atoms with E-state index in [1.807, 2.05) is 24.3 Å². The summed E-state index contributed by atoms with van der Waals surface area (Å²) in [6.07, 6.45) is 1.15. The van der Waals surface area contributed by atoms with Gasteiger partial charge in [0.2, 0.25) is 5.91 Å². The van der Waals surface area contributed by atoms with Crippen LogP contribution in [0.3, 0.4) is 0 Å². The van der Waals surface area contributed by atoms with Gasteiger partial charge in [-0.05, 0) is 25.5 Å². The van der Waals surface area contributed by atoms with Crippen molar-refractivity contribution in [2.45, 2.75) is 19.8 Å². The number of rotatable bonds is 6. The zero-order valence-corrected chi connectivity index (χ0v) is 11.6. The van der Waals surface area contributed by atoms with Crippen molar-refractivity contribution in [3.8, 4) is 5.75 Å². The van der Waals surface area contributed by atoms with E-state index in [1.54, 1.807) is 25.9 Å². The zero-order chi connectivity index (χ0) is 14.3. The van der Waals surface area contributed by atoms with Crippen molar-refractivity contribution in [3.63, 3.8) is 0 Å². The Hall–Kier alpha value is -2.04. The van der Waals surface area contributed by atoms with Gasteiger partial charge in [0.15, 0.2) is 0 Å². The van der Waals surface area contributed by atoms with Gasteiger partial charge in [0, 0.05) is 26.1 Å². The van der Waals surface area contributed by atoms with E-state index in [-0.39, 0.29) is 5.91 Å². The molecule has 104 valence electrons. The molecule has 1 amide bonds. The molecule has 0 saturated carbocycles. The SMILES string of the molecule is CC(=NO)c1cccc(OCCCC(=O)N(C)C)c1. The van der Waals surface area contributed by atoms with Crippen LogP contribution in [0.25, 0.3) is 0 Å². The van der Waals surface area contributed by atoms with E-state index in [9.17, 15) is 4.79 Å². The van der Waals surface area contributed by atoms with E-state index in [2.05, 4.69) is 5.16 Å². The lowest BCUT2D eigenvalue weighted by Gasteiger charge is -2.10. The molecule has 1 aromatic rings. The van der Waals surface area contributed by atoms with E-state index in [0.29, 0.717) is 30.9 Å². The largest absolute Gasteiger partial charge is 0.494 e. The third kappa shape index (κ3) is 4.99. The summed E-state index contributed by atoms with van der Waals surface area (Å²) < 4.78 is 5.56. The average Bonchev–Trinajstić information content (AvgIpc) is 2.42. The molecule has 0 unspecified atom stereocenters. The second kappa shape index (κ2) is 7.41. The average molecular weight is 264 g/mol. The Morgan fingerprint density at radius 1 is 1.42 bits per heavy atom. The second-order valence-corrected chi connectivity index (χ2v) is 4.45. The molecule has 0 aliphatic rings. The van der Waals surface area contributed by atoms with Gasteiger partial charge in [0.1, 0.15) is 5.75 Å². The number of ether oxygens (including phenoxy) is 1. The van der Waals surface area contributed by atoms with Crippen LogP contribution in [0, 0.1) is 0 Å². The van der Waals surface area contributed by atoms with Crippen LogP contribution < -0.4 is 4.74 Å². The number of oxime groups is 1. The fraction of sp³-hybridized carbons (Fsp3) is 0.429. The molecule has 5 heteroatoms. The van der Waals surface area contributed by atoms with Crippen molar-refractivity contribution in [2.75, 3.05) is 20.7 Å². The molecule has 19 heavy (non-hydrogen) atoms. The molecule has 0 bridgehead atoms. The van der Waals surface area contributed by atoms with Crippen LogP contribution in [-0.4, -0.2) is 42.4 Å². The molecule has 0 aliphatic heterocycles. The Morgan fingerprint density at radius 3 is 2.79 bits per heavy atom. The van der Waals surface area contributed by atoms with Gasteiger partial charge in [-0.1, -0.05) is 17.3 Å². The van der Waals surface area contributed by atoms with Crippen molar-refractivity contribution in [1.29, 1.82) is 0 Å². The van der Waals surface area contributed by atoms with Gasteiger partial charge in [0.25, 0.3) is 0 Å². The summed E-state index contributed by atoms with van der Waals surface area (Å²) in [5.41, 5.74) is 1.35. The summed E-state index contributed by atoms with van der Waals surface area (Å²) in [5.74, 6) is 0.804. The monoisotopic (exact) mass is 264 g/mol. The van der Waals surface area contributed by atoms with E-state index < -0.39 is 0 Å². The first-order chi connectivity index (χ1) is 9.04. The van der Waals surface area contributed by atoms with E-state index in [0.717, 1.165) is 5.56 Å². The van der Waals surface area contributed by atoms with Crippen LogP contribution in [0.4, 0.5) is 0 Å². The Balaban J connectivity index is 2.44. The molecule has 1 aromatic carbocycles. The van der Waals surface area contributed by atoms with Crippen LogP contribution in [-0.2, 0) is 4.79 Å². The maximum Gasteiger partial charge on any atom is 0.222 e. The maximum absolute atomic E-state index is 11.4. The summed E-state index contributed by atoms with van der Waals surface area (Å²) in [5, 5.41) is 11.9. The first-order valence-electron chi connectivity index (χ1n) is 6.16. The number of carbonyl (C=O) groups is 1. The van der Waals surface area contributed by atoms with Crippen LogP contribution >= 0.6 is 0 Å². The van der Waals surface area contributed by atoms with Crippen LogP contribution in [0.15, 0.2) is 29.4 Å². The predicted octanol–water partition coefficient (Wildman–Crippen LogP) is 2.13. The minimum Gasteiger partial charge on any atom is -0.494 e. The number of benzene rings is 1. The van der Waals surface area contributed by atoms with Gasteiger partial charge in [-0.25, -0.2) is 0 Å². The Labute approximate surface area is 113 Å². The number of amides is 1. The normalized spacial score (nSPS) is 11.2. The molecular formula is C14H20N2O3. The highest BCUT2D eigenvalue weighted by atomic mass is 16.5. The Morgan fingerprint density at radius 2 is 2.16 bits per heavy atom. The van der Waals surface area contributed by atoms with E-state index >= 15 is 0 Å². The van der Waals surface area contributed by atoms with Gasteiger partial charge in [-0.15, -0.1) is 0 Å². The van der Waals surface area contributed by atoms with Gasteiger partial charge in [-0.3, -0.25) is 4.79 Å². The lowest BCUT2D eigenvalue weighted by atomic mass is 10.1. The molecule has 0 saturated heterocycles. The number of nitrogens with zero attached hydrogens (tertiary/aromatic N) is 2. The Bertz CT molecular complexity index is 456. The smallest absolute Gasteiger partial charge is 0.222 e. The van der Waals surface area contributed by atoms with Crippen LogP contribution in [0.5, 0.6) is 5.75 Å². The molecule has 0 atom stereocenters. The summed E-state index contributed by atoms with van der Waals surface area (Å²) in [6.45, 7) is 2.20. The van der Waals surface area contributed by atoms with Crippen molar-refractivity contribution in [3.05, 3.63) is 29.8 Å². The first-order valence-corrected chi connectivity index (χ1v) is 6.16. The fourth-order valence-electron chi connectivity index (χ4n) is 1.51. The quantitative estimate of drug-likeness (QED) is 0.370. The standard InChI is InChI=1S/C14H20N2O3/c1-11(15-18)12-6-4-7-13(10-12)19-9-5-8-14(17)16(2)3/h4,6-7,10,18H,5,8-9H2,1-3H3. The van der Waals surface area contributed by atoms with Crippen molar-refractivity contribution >= 4 is 11.6 Å². The molecule has 0 aliphatic carbocycles. The molecular weight excluding hydrogens is 244 g/mol. The minimum absolute atomic E-state index is 0.0978. The molecule has 5 nitrogen and oxygen atoms in total. The van der Waals surface area contributed by atoms with Crippen molar-refractivity contribution in [1.82, 2.24) is 4.90 Å². The maximum atomic E-state index is 11.4.